The summed E-state index contributed by atoms with van der Waals surface area (Å²) in [7, 11) is 0. The number of anilines is 1. The third-order valence-electron chi connectivity index (χ3n) is 4.48. The molecule has 166 valence electrons. The fourth-order valence-corrected chi connectivity index (χ4v) is 2.70. The van der Waals surface area contributed by atoms with Crippen LogP contribution in [0.2, 0.25) is 0 Å². The largest absolute Gasteiger partial charge is 0.473 e. The van der Waals surface area contributed by atoms with Gasteiger partial charge in [0.25, 0.3) is 0 Å². The number of hydrogen-bond donors (Lipinski definition) is 1. The zero-order valence-electron chi connectivity index (χ0n) is 16.2. The van der Waals surface area contributed by atoms with Gasteiger partial charge in [0.05, 0.1) is 36.1 Å². The average Bonchev–Trinajstić information content (AvgIpc) is 2.77. The summed E-state index contributed by atoms with van der Waals surface area (Å²) in [6.45, 7) is 4.41. The van der Waals surface area contributed by atoms with Crippen LogP contribution in [-0.2, 0) is 14.3 Å². The van der Waals surface area contributed by atoms with Gasteiger partial charge < -0.3 is 19.5 Å². The van der Waals surface area contributed by atoms with Gasteiger partial charge in [0.15, 0.2) is 29.6 Å². The van der Waals surface area contributed by atoms with E-state index in [-0.39, 0.29) is 6.61 Å². The van der Waals surface area contributed by atoms with Gasteiger partial charge in [-0.25, -0.2) is 26.9 Å². The van der Waals surface area contributed by atoms with Gasteiger partial charge in [-0.3, -0.25) is 4.79 Å². The predicted molar refractivity (Wildman–Crippen MR) is 97.5 cm³/mol. The Labute approximate surface area is 173 Å². The van der Waals surface area contributed by atoms with E-state index >= 15 is 0 Å². The minimum absolute atomic E-state index is 0.260. The third-order valence-corrected chi connectivity index (χ3v) is 4.48. The molecule has 0 spiro atoms. The van der Waals surface area contributed by atoms with Crippen LogP contribution in [0.1, 0.15) is 18.8 Å². The third kappa shape index (κ3) is 4.52. The van der Waals surface area contributed by atoms with Gasteiger partial charge in [-0.1, -0.05) is 12.7 Å². The van der Waals surface area contributed by atoms with Crippen LogP contribution >= 0.6 is 0 Å². The number of ether oxygens (including phenoxy) is 3. The SMILES string of the molecule is C=CCOc1ccc(NC(=O)C2(C)COC(c3c(F)c(F)c(F)c(F)c3F)OC2)cn1. The van der Waals surface area contributed by atoms with E-state index in [1.165, 1.54) is 25.3 Å². The second kappa shape index (κ2) is 8.98. The maximum Gasteiger partial charge on any atom is 0.235 e. The number of aromatic nitrogens is 1. The molecule has 31 heavy (non-hydrogen) atoms. The molecule has 1 fully saturated rings. The second-order valence-electron chi connectivity index (χ2n) is 6.94. The molecule has 0 bridgehead atoms. The van der Waals surface area contributed by atoms with Crippen LogP contribution in [0.25, 0.3) is 0 Å². The first-order chi connectivity index (χ1) is 14.7. The molecule has 6 nitrogen and oxygen atoms in total. The fourth-order valence-electron chi connectivity index (χ4n) is 2.70. The molecule has 0 unspecified atom stereocenters. The van der Waals surface area contributed by atoms with Crippen molar-refractivity contribution in [1.82, 2.24) is 4.98 Å². The van der Waals surface area contributed by atoms with Crippen molar-refractivity contribution in [2.75, 3.05) is 25.1 Å². The molecule has 1 aliphatic rings. The van der Waals surface area contributed by atoms with Crippen LogP contribution in [0.3, 0.4) is 0 Å². The van der Waals surface area contributed by atoms with Crippen LogP contribution in [-0.4, -0.2) is 30.7 Å². The minimum Gasteiger partial charge on any atom is -0.473 e. The Morgan fingerprint density at radius 1 is 1.16 bits per heavy atom. The van der Waals surface area contributed by atoms with Crippen molar-refractivity contribution in [2.24, 2.45) is 5.41 Å². The first-order valence-electron chi connectivity index (χ1n) is 8.93. The Morgan fingerprint density at radius 3 is 2.26 bits per heavy atom. The number of pyridine rings is 1. The van der Waals surface area contributed by atoms with Gasteiger partial charge >= 0.3 is 0 Å². The van der Waals surface area contributed by atoms with E-state index in [0.29, 0.717) is 11.6 Å². The maximum absolute atomic E-state index is 14.0. The summed E-state index contributed by atoms with van der Waals surface area (Å²) in [5, 5.41) is 2.58. The molecule has 1 aliphatic heterocycles. The van der Waals surface area contributed by atoms with Crippen molar-refractivity contribution in [2.45, 2.75) is 13.2 Å². The molecule has 0 aliphatic carbocycles. The number of rotatable bonds is 6. The number of hydrogen-bond acceptors (Lipinski definition) is 5. The smallest absolute Gasteiger partial charge is 0.235 e. The van der Waals surface area contributed by atoms with E-state index in [1.54, 1.807) is 6.08 Å². The Morgan fingerprint density at radius 2 is 1.74 bits per heavy atom. The summed E-state index contributed by atoms with van der Waals surface area (Å²) in [4.78, 5) is 16.6. The monoisotopic (exact) mass is 444 g/mol. The quantitative estimate of drug-likeness (QED) is 0.315. The Bertz CT molecular complexity index is 963. The van der Waals surface area contributed by atoms with Crippen molar-refractivity contribution in [3.8, 4) is 5.88 Å². The molecule has 1 aromatic carbocycles. The Balaban J connectivity index is 1.68. The summed E-state index contributed by atoms with van der Waals surface area (Å²) in [6.07, 6.45) is 1.02. The highest BCUT2D eigenvalue weighted by molar-refractivity contribution is 5.95. The lowest BCUT2D eigenvalue weighted by Crippen LogP contribution is -2.46. The summed E-state index contributed by atoms with van der Waals surface area (Å²) < 4.78 is 83.5. The van der Waals surface area contributed by atoms with Gasteiger partial charge in [0.2, 0.25) is 17.6 Å². The van der Waals surface area contributed by atoms with E-state index in [9.17, 15) is 26.7 Å². The summed E-state index contributed by atoms with van der Waals surface area (Å²) in [6, 6.07) is 3.06. The van der Waals surface area contributed by atoms with Crippen LogP contribution in [0.4, 0.5) is 27.6 Å². The lowest BCUT2D eigenvalue weighted by Gasteiger charge is -2.36. The Kier molecular flexibility index (Phi) is 6.56. The first-order valence-corrected chi connectivity index (χ1v) is 8.93. The Hall–Kier alpha value is -3.05. The topological polar surface area (TPSA) is 69.7 Å². The van der Waals surface area contributed by atoms with Gasteiger partial charge in [-0.15, -0.1) is 0 Å². The van der Waals surface area contributed by atoms with Gasteiger partial charge in [-0.05, 0) is 13.0 Å². The highest BCUT2D eigenvalue weighted by Gasteiger charge is 2.42. The van der Waals surface area contributed by atoms with E-state index in [0.717, 1.165) is 0 Å². The van der Waals surface area contributed by atoms with Crippen molar-refractivity contribution in [1.29, 1.82) is 0 Å². The molecule has 1 saturated heterocycles. The molecular weight excluding hydrogens is 427 g/mol. The number of nitrogens with zero attached hydrogens (tertiary/aromatic N) is 1. The number of benzene rings is 1. The molecular formula is C20H17F5N2O4. The van der Waals surface area contributed by atoms with E-state index in [1.807, 2.05) is 0 Å². The molecule has 0 saturated carbocycles. The molecule has 3 rings (SSSR count). The lowest BCUT2D eigenvalue weighted by molar-refractivity contribution is -0.228. The highest BCUT2D eigenvalue weighted by Crippen LogP contribution is 2.36. The van der Waals surface area contributed by atoms with Crippen molar-refractivity contribution in [3.63, 3.8) is 0 Å². The normalized spacial score (nSPS) is 20.9. The summed E-state index contributed by atoms with van der Waals surface area (Å²) >= 11 is 0. The summed E-state index contributed by atoms with van der Waals surface area (Å²) in [5.41, 5.74) is -2.23. The van der Waals surface area contributed by atoms with Gasteiger partial charge in [0.1, 0.15) is 6.61 Å². The van der Waals surface area contributed by atoms with Crippen molar-refractivity contribution < 1.29 is 41.0 Å². The van der Waals surface area contributed by atoms with Crippen LogP contribution < -0.4 is 10.1 Å². The molecule has 11 heteroatoms. The zero-order valence-corrected chi connectivity index (χ0v) is 16.2. The fraction of sp³-hybridized carbons (Fsp3) is 0.300. The number of nitrogens with one attached hydrogen (secondary N) is 1. The molecule has 2 aromatic rings. The van der Waals surface area contributed by atoms with Gasteiger partial charge in [0, 0.05) is 6.07 Å². The molecule has 1 N–H and O–H groups in total. The van der Waals surface area contributed by atoms with E-state index in [2.05, 4.69) is 16.9 Å². The van der Waals surface area contributed by atoms with Crippen LogP contribution in [0, 0.1) is 34.5 Å². The molecule has 1 amide bonds. The standard InChI is InChI=1S/C20H17F5N2O4/c1-3-6-29-11-5-4-10(7-26-11)27-19(28)20(2)8-30-18(31-9-20)12-13(21)15(23)17(25)16(24)14(12)22/h3-5,7,18H,1,6,8-9H2,2H3,(H,27,28). The van der Waals surface area contributed by atoms with Gasteiger partial charge in [-0.2, -0.15) is 0 Å². The number of carbonyl (C=O) groups is 1. The first kappa shape index (κ1) is 22.6. The summed E-state index contributed by atoms with van der Waals surface area (Å²) in [5.74, 6) is -10.9. The highest BCUT2D eigenvalue weighted by atomic mass is 19.2. The van der Waals surface area contributed by atoms with E-state index in [4.69, 9.17) is 14.2 Å². The van der Waals surface area contributed by atoms with Crippen molar-refractivity contribution >= 4 is 11.6 Å². The maximum atomic E-state index is 14.0. The van der Waals surface area contributed by atoms with Crippen LogP contribution in [0.15, 0.2) is 31.0 Å². The predicted octanol–water partition coefficient (Wildman–Crippen LogP) is 4.03. The second-order valence-corrected chi connectivity index (χ2v) is 6.94. The van der Waals surface area contributed by atoms with Crippen LogP contribution in [0.5, 0.6) is 5.88 Å². The molecule has 0 atom stereocenters. The zero-order chi connectivity index (χ0) is 22.8. The molecule has 2 heterocycles. The molecule has 0 radical (unpaired) electrons. The number of carbonyl (C=O) groups excluding carboxylic acids is 1. The molecule has 1 aromatic heterocycles. The lowest BCUT2D eigenvalue weighted by atomic mass is 9.90. The number of halogens is 5. The van der Waals surface area contributed by atoms with E-state index < -0.39 is 65.5 Å². The number of amides is 1. The minimum atomic E-state index is -2.28. The van der Waals surface area contributed by atoms with Crippen molar-refractivity contribution in [3.05, 3.63) is 65.6 Å². The average molecular weight is 444 g/mol.